The second kappa shape index (κ2) is 9.66. The van der Waals surface area contributed by atoms with E-state index in [1.807, 2.05) is 6.92 Å². The van der Waals surface area contributed by atoms with Gasteiger partial charge in [-0.1, -0.05) is 12.1 Å². The number of hydrogen-bond donors (Lipinski definition) is 1. The second-order valence-corrected chi connectivity index (χ2v) is 7.32. The van der Waals surface area contributed by atoms with Crippen LogP contribution < -0.4 is 18.9 Å². The molecule has 174 valence electrons. The summed E-state index contributed by atoms with van der Waals surface area (Å²) in [6.45, 7) is 2.27. The molecule has 0 saturated heterocycles. The van der Waals surface area contributed by atoms with Gasteiger partial charge in [0.2, 0.25) is 11.5 Å². The van der Waals surface area contributed by atoms with Gasteiger partial charge in [0.25, 0.3) is 0 Å². The topological polar surface area (TPSA) is 99.7 Å². The van der Waals surface area contributed by atoms with Crippen LogP contribution in [-0.2, 0) is 0 Å². The van der Waals surface area contributed by atoms with Gasteiger partial charge in [-0.15, -0.1) is 0 Å². The van der Waals surface area contributed by atoms with Crippen LogP contribution in [0.25, 0.3) is 10.9 Å². The fourth-order valence-electron chi connectivity index (χ4n) is 3.79. The number of benzene rings is 2. The molecule has 0 atom stereocenters. The lowest BCUT2D eigenvalue weighted by molar-refractivity contribution is 0.102. The Balaban J connectivity index is 1.71. The Kier molecular flexibility index (Phi) is 6.49. The van der Waals surface area contributed by atoms with Crippen molar-refractivity contribution in [1.82, 2.24) is 9.97 Å². The van der Waals surface area contributed by atoms with Crippen LogP contribution >= 0.6 is 0 Å². The SMILES string of the molecule is CCOc1cccnc1C(=O)c1ccc2c(C(=O)c3cc(OC)c(OC)c(OC)c3)c[nH]c2c1. The summed E-state index contributed by atoms with van der Waals surface area (Å²) in [7, 11) is 4.49. The molecule has 34 heavy (non-hydrogen) atoms. The summed E-state index contributed by atoms with van der Waals surface area (Å²) in [4.78, 5) is 33.7. The number of aromatic amines is 1. The van der Waals surface area contributed by atoms with E-state index >= 15 is 0 Å². The number of methoxy groups -OCH3 is 3. The lowest BCUT2D eigenvalue weighted by Gasteiger charge is -2.13. The van der Waals surface area contributed by atoms with Crippen LogP contribution in [0.1, 0.15) is 38.9 Å². The molecule has 4 rings (SSSR count). The van der Waals surface area contributed by atoms with E-state index in [4.69, 9.17) is 18.9 Å². The van der Waals surface area contributed by atoms with E-state index in [1.165, 1.54) is 21.3 Å². The Morgan fingerprint density at radius 1 is 0.882 bits per heavy atom. The first-order valence-corrected chi connectivity index (χ1v) is 10.6. The van der Waals surface area contributed by atoms with Crippen molar-refractivity contribution >= 4 is 22.5 Å². The molecule has 0 fully saturated rings. The van der Waals surface area contributed by atoms with Crippen LogP contribution in [0.3, 0.4) is 0 Å². The third-order valence-corrected chi connectivity index (χ3v) is 5.40. The van der Waals surface area contributed by atoms with Gasteiger partial charge in [0.15, 0.2) is 23.0 Å². The number of nitrogens with one attached hydrogen (secondary N) is 1. The molecular weight excluding hydrogens is 436 g/mol. The summed E-state index contributed by atoms with van der Waals surface area (Å²) >= 11 is 0. The lowest BCUT2D eigenvalue weighted by atomic mass is 9.99. The summed E-state index contributed by atoms with van der Waals surface area (Å²) in [5, 5.41) is 0.682. The quantitative estimate of drug-likeness (QED) is 0.368. The molecule has 0 unspecified atom stereocenters. The summed E-state index contributed by atoms with van der Waals surface area (Å²) < 4.78 is 21.6. The number of hydrogen-bond acceptors (Lipinski definition) is 7. The molecule has 0 bridgehead atoms. The standard InChI is InChI=1S/C26H24N2O6/c1-5-34-20-7-6-10-27-23(20)25(30)15-8-9-17-18(14-28-19(17)11-15)24(29)16-12-21(31-2)26(33-4)22(13-16)32-3/h6-14,28H,5H2,1-4H3. The van der Waals surface area contributed by atoms with Crippen molar-refractivity contribution in [3.8, 4) is 23.0 Å². The van der Waals surface area contributed by atoms with Gasteiger partial charge in [0, 0.05) is 40.0 Å². The smallest absolute Gasteiger partial charge is 0.215 e. The zero-order valence-electron chi connectivity index (χ0n) is 19.3. The van der Waals surface area contributed by atoms with Gasteiger partial charge in [0.1, 0.15) is 5.75 Å². The van der Waals surface area contributed by atoms with E-state index in [2.05, 4.69) is 9.97 Å². The molecule has 8 heteroatoms. The number of pyridine rings is 1. The van der Waals surface area contributed by atoms with Crippen molar-refractivity contribution in [2.24, 2.45) is 0 Å². The molecule has 2 aromatic carbocycles. The average molecular weight is 460 g/mol. The van der Waals surface area contributed by atoms with Gasteiger partial charge in [-0.2, -0.15) is 0 Å². The number of carbonyl (C=O) groups is 2. The maximum atomic E-state index is 13.3. The highest BCUT2D eigenvalue weighted by Gasteiger charge is 2.22. The van der Waals surface area contributed by atoms with Crippen molar-refractivity contribution in [2.75, 3.05) is 27.9 Å². The summed E-state index contributed by atoms with van der Waals surface area (Å²) in [5.74, 6) is 1.12. The van der Waals surface area contributed by atoms with E-state index < -0.39 is 0 Å². The van der Waals surface area contributed by atoms with Crippen LogP contribution in [0.4, 0.5) is 0 Å². The first kappa shape index (κ1) is 22.8. The zero-order valence-corrected chi connectivity index (χ0v) is 19.3. The minimum Gasteiger partial charge on any atom is -0.493 e. The van der Waals surface area contributed by atoms with Gasteiger partial charge in [-0.3, -0.25) is 9.59 Å². The monoisotopic (exact) mass is 460 g/mol. The number of H-pyrrole nitrogens is 1. The molecule has 1 N–H and O–H groups in total. The van der Waals surface area contributed by atoms with Crippen LogP contribution in [0, 0.1) is 0 Å². The van der Waals surface area contributed by atoms with Crippen LogP contribution in [0.15, 0.2) is 54.9 Å². The third-order valence-electron chi connectivity index (χ3n) is 5.40. The largest absolute Gasteiger partial charge is 0.493 e. The van der Waals surface area contributed by atoms with Crippen LogP contribution in [-0.4, -0.2) is 49.5 Å². The molecule has 8 nitrogen and oxygen atoms in total. The van der Waals surface area contributed by atoms with E-state index in [1.54, 1.807) is 54.9 Å². The third kappa shape index (κ3) is 4.05. The second-order valence-electron chi connectivity index (χ2n) is 7.32. The first-order chi connectivity index (χ1) is 16.5. The predicted octanol–water partition coefficient (Wildman–Crippen LogP) is 4.45. The van der Waals surface area contributed by atoms with E-state index in [9.17, 15) is 9.59 Å². The number of aromatic nitrogens is 2. The van der Waals surface area contributed by atoms with Crippen molar-refractivity contribution < 1.29 is 28.5 Å². The van der Waals surface area contributed by atoms with Gasteiger partial charge < -0.3 is 23.9 Å². The summed E-state index contributed by atoms with van der Waals surface area (Å²) in [6.07, 6.45) is 3.17. The highest BCUT2D eigenvalue weighted by atomic mass is 16.5. The van der Waals surface area contributed by atoms with Crippen LogP contribution in [0.2, 0.25) is 0 Å². The molecule has 0 aliphatic carbocycles. The molecule has 4 aromatic rings. The molecule has 2 heterocycles. The van der Waals surface area contributed by atoms with E-state index in [0.717, 1.165) is 0 Å². The number of rotatable bonds is 9. The summed E-state index contributed by atoms with van der Waals surface area (Å²) in [6, 6.07) is 11.8. The Hall–Kier alpha value is -4.33. The predicted molar refractivity (Wildman–Crippen MR) is 127 cm³/mol. The van der Waals surface area contributed by atoms with Crippen molar-refractivity contribution in [1.29, 1.82) is 0 Å². The molecule has 0 aliphatic heterocycles. The van der Waals surface area contributed by atoms with Gasteiger partial charge in [-0.05, 0) is 37.3 Å². The van der Waals surface area contributed by atoms with E-state index in [-0.39, 0.29) is 17.3 Å². The number of fused-ring (bicyclic) bond motifs is 1. The average Bonchev–Trinajstić information content (AvgIpc) is 3.30. The molecule has 0 spiro atoms. The molecule has 0 amide bonds. The van der Waals surface area contributed by atoms with Crippen molar-refractivity contribution in [3.05, 3.63) is 77.2 Å². The highest BCUT2D eigenvalue weighted by molar-refractivity contribution is 6.18. The minimum absolute atomic E-state index is 0.229. The molecule has 2 aromatic heterocycles. The van der Waals surface area contributed by atoms with Crippen molar-refractivity contribution in [2.45, 2.75) is 6.92 Å². The molecular formula is C26H24N2O6. The summed E-state index contributed by atoms with van der Waals surface area (Å²) in [5.41, 5.74) is 2.15. The highest BCUT2D eigenvalue weighted by Crippen LogP contribution is 2.39. The van der Waals surface area contributed by atoms with Gasteiger partial charge in [-0.25, -0.2) is 4.98 Å². The lowest BCUT2D eigenvalue weighted by Crippen LogP contribution is -2.08. The Labute approximate surface area is 196 Å². The maximum absolute atomic E-state index is 13.3. The fourth-order valence-corrected chi connectivity index (χ4v) is 3.79. The van der Waals surface area contributed by atoms with Gasteiger partial charge in [0.05, 0.1) is 27.9 Å². The number of ketones is 2. The van der Waals surface area contributed by atoms with Gasteiger partial charge >= 0.3 is 0 Å². The Morgan fingerprint density at radius 3 is 2.26 bits per heavy atom. The fraction of sp³-hybridized carbons (Fsp3) is 0.192. The first-order valence-electron chi connectivity index (χ1n) is 10.6. The molecule has 0 saturated carbocycles. The van der Waals surface area contributed by atoms with Crippen LogP contribution in [0.5, 0.6) is 23.0 Å². The normalized spacial score (nSPS) is 10.7. The molecule has 0 radical (unpaired) electrons. The minimum atomic E-state index is -0.266. The number of carbonyl (C=O) groups excluding carboxylic acids is 2. The molecule has 0 aliphatic rings. The zero-order chi connectivity index (χ0) is 24.2. The van der Waals surface area contributed by atoms with Crippen molar-refractivity contribution in [3.63, 3.8) is 0 Å². The Morgan fingerprint density at radius 2 is 1.62 bits per heavy atom. The number of nitrogens with zero attached hydrogens (tertiary/aromatic N) is 1. The Bertz CT molecular complexity index is 1350. The van der Waals surface area contributed by atoms with E-state index in [0.29, 0.717) is 57.2 Å². The number of ether oxygens (including phenoxy) is 4. The maximum Gasteiger partial charge on any atom is 0.215 e.